The molecule has 102 valence electrons. The molecule has 0 N–H and O–H groups in total. The van der Waals surface area contributed by atoms with Crippen LogP contribution in [0.1, 0.15) is 11.1 Å². The topological polar surface area (TPSA) is 57.9 Å². The van der Waals surface area contributed by atoms with E-state index >= 15 is 0 Å². The van der Waals surface area contributed by atoms with Gasteiger partial charge in [-0.1, -0.05) is 24.3 Å². The lowest BCUT2D eigenvalue weighted by molar-refractivity contribution is 0.602. The maximum Gasteiger partial charge on any atom is 0.175 e. The molecule has 0 aliphatic rings. The first-order valence-corrected chi connectivity index (χ1v) is 8.08. The van der Waals surface area contributed by atoms with Crippen LogP contribution in [0.2, 0.25) is 0 Å². The van der Waals surface area contributed by atoms with E-state index < -0.39 is 9.84 Å². The van der Waals surface area contributed by atoms with Gasteiger partial charge in [0.25, 0.3) is 0 Å². The van der Waals surface area contributed by atoms with Gasteiger partial charge in [0, 0.05) is 6.26 Å². The van der Waals surface area contributed by atoms with Crippen molar-refractivity contribution >= 4 is 9.84 Å². The molecular weight excluding hydrogens is 270 g/mol. The van der Waals surface area contributed by atoms with Crippen LogP contribution in [0.5, 0.6) is 0 Å². The van der Waals surface area contributed by atoms with Crippen molar-refractivity contribution in [3.63, 3.8) is 0 Å². The molecule has 0 atom stereocenters. The van der Waals surface area contributed by atoms with Crippen LogP contribution in [-0.2, 0) is 16.3 Å². The number of sulfone groups is 1. The highest BCUT2D eigenvalue weighted by Crippen LogP contribution is 2.25. The molecule has 0 amide bonds. The van der Waals surface area contributed by atoms with E-state index in [2.05, 4.69) is 6.07 Å². The average Bonchev–Trinajstić information content (AvgIpc) is 2.41. The van der Waals surface area contributed by atoms with Crippen LogP contribution >= 0.6 is 0 Å². The molecule has 0 aromatic heterocycles. The van der Waals surface area contributed by atoms with Crippen LogP contribution in [0, 0.1) is 18.3 Å². The molecule has 0 radical (unpaired) electrons. The second-order valence-electron chi connectivity index (χ2n) is 4.78. The van der Waals surface area contributed by atoms with Crippen LogP contribution in [0.15, 0.2) is 47.4 Å². The van der Waals surface area contributed by atoms with Crippen LogP contribution in [0.25, 0.3) is 11.1 Å². The first kappa shape index (κ1) is 14.3. The highest BCUT2D eigenvalue weighted by molar-refractivity contribution is 7.90. The van der Waals surface area contributed by atoms with Crippen molar-refractivity contribution in [3.8, 4) is 17.2 Å². The van der Waals surface area contributed by atoms with Gasteiger partial charge in [-0.2, -0.15) is 5.26 Å². The van der Waals surface area contributed by atoms with E-state index in [1.165, 1.54) is 6.26 Å². The van der Waals surface area contributed by atoms with Crippen molar-refractivity contribution in [3.05, 3.63) is 53.6 Å². The van der Waals surface area contributed by atoms with Crippen molar-refractivity contribution in [2.75, 3.05) is 6.26 Å². The van der Waals surface area contributed by atoms with Gasteiger partial charge in [-0.3, -0.25) is 0 Å². The Bertz CT molecular complexity index is 786. The molecule has 3 nitrogen and oxygen atoms in total. The Morgan fingerprint density at radius 1 is 1.10 bits per heavy atom. The Kier molecular flexibility index (Phi) is 3.91. The Balaban J connectivity index is 2.52. The summed E-state index contributed by atoms with van der Waals surface area (Å²) in [5.41, 5.74) is 3.79. The van der Waals surface area contributed by atoms with Gasteiger partial charge in [0.05, 0.1) is 17.4 Å². The van der Waals surface area contributed by atoms with Crippen molar-refractivity contribution in [1.82, 2.24) is 0 Å². The predicted molar refractivity (Wildman–Crippen MR) is 79.0 cm³/mol. The van der Waals surface area contributed by atoms with Gasteiger partial charge >= 0.3 is 0 Å². The monoisotopic (exact) mass is 285 g/mol. The fourth-order valence-corrected chi connectivity index (χ4v) is 2.70. The third-order valence-electron chi connectivity index (χ3n) is 3.21. The Labute approximate surface area is 119 Å². The molecule has 0 unspecified atom stereocenters. The van der Waals surface area contributed by atoms with E-state index in [4.69, 9.17) is 5.26 Å². The zero-order valence-electron chi connectivity index (χ0n) is 11.4. The number of hydrogen-bond acceptors (Lipinski definition) is 3. The molecule has 0 spiro atoms. The number of nitrogens with zero attached hydrogens (tertiary/aromatic N) is 1. The fourth-order valence-electron chi connectivity index (χ4n) is 2.03. The second-order valence-corrected chi connectivity index (χ2v) is 6.79. The van der Waals surface area contributed by atoms with Gasteiger partial charge in [0.1, 0.15) is 0 Å². The summed E-state index contributed by atoms with van der Waals surface area (Å²) in [7, 11) is -3.21. The molecule has 0 fully saturated rings. The maximum absolute atomic E-state index is 11.6. The summed E-state index contributed by atoms with van der Waals surface area (Å²) in [4.78, 5) is 0.303. The smallest absolute Gasteiger partial charge is 0.175 e. The number of aryl methyl sites for hydroxylation is 1. The first-order valence-electron chi connectivity index (χ1n) is 6.19. The largest absolute Gasteiger partial charge is 0.224 e. The van der Waals surface area contributed by atoms with Crippen molar-refractivity contribution in [2.24, 2.45) is 0 Å². The summed E-state index contributed by atoms with van der Waals surface area (Å²) < 4.78 is 23.2. The number of rotatable bonds is 3. The quantitative estimate of drug-likeness (QED) is 0.870. The third-order valence-corrected chi connectivity index (χ3v) is 4.32. The molecule has 0 saturated carbocycles. The maximum atomic E-state index is 11.6. The lowest BCUT2D eigenvalue weighted by Gasteiger charge is -2.08. The summed E-state index contributed by atoms with van der Waals surface area (Å²) in [6.45, 7) is 1.96. The average molecular weight is 285 g/mol. The molecule has 2 aromatic rings. The zero-order chi connectivity index (χ0) is 14.8. The summed E-state index contributed by atoms with van der Waals surface area (Å²) in [5.74, 6) is 0. The summed E-state index contributed by atoms with van der Waals surface area (Å²) >= 11 is 0. The van der Waals surface area contributed by atoms with Crippen molar-refractivity contribution < 1.29 is 8.42 Å². The molecule has 20 heavy (non-hydrogen) atoms. The van der Waals surface area contributed by atoms with Crippen molar-refractivity contribution in [1.29, 1.82) is 5.26 Å². The van der Waals surface area contributed by atoms with Gasteiger partial charge in [-0.05, 0) is 47.4 Å². The number of hydrogen-bond donors (Lipinski definition) is 0. The minimum absolute atomic E-state index is 0.303. The molecule has 0 saturated heterocycles. The second kappa shape index (κ2) is 5.48. The fraction of sp³-hybridized carbons (Fsp3) is 0.188. The van der Waals surface area contributed by atoms with Gasteiger partial charge in [0.15, 0.2) is 9.84 Å². The Morgan fingerprint density at radius 3 is 2.45 bits per heavy atom. The van der Waals surface area contributed by atoms with E-state index in [0.29, 0.717) is 11.3 Å². The molecule has 0 heterocycles. The summed E-state index contributed by atoms with van der Waals surface area (Å²) in [6, 6.07) is 14.8. The standard InChI is InChI=1S/C16H15NO2S/c1-12-6-7-15(10-13(12)8-9-17)14-4-3-5-16(11-14)20(2,18)19/h3-7,10-11H,8H2,1-2H3. The van der Waals surface area contributed by atoms with Gasteiger partial charge in [-0.25, -0.2) is 8.42 Å². The van der Waals surface area contributed by atoms with E-state index in [-0.39, 0.29) is 0 Å². The number of benzene rings is 2. The molecule has 0 bridgehead atoms. The van der Waals surface area contributed by atoms with E-state index in [0.717, 1.165) is 22.3 Å². The predicted octanol–water partition coefficient (Wildman–Crippen LogP) is 3.13. The Morgan fingerprint density at radius 2 is 1.80 bits per heavy atom. The normalized spacial score (nSPS) is 11.1. The van der Waals surface area contributed by atoms with E-state index in [9.17, 15) is 8.42 Å². The van der Waals surface area contributed by atoms with E-state index in [1.54, 1.807) is 18.2 Å². The molecule has 0 aliphatic heterocycles. The lowest BCUT2D eigenvalue weighted by atomic mass is 9.98. The van der Waals surface area contributed by atoms with E-state index in [1.807, 2.05) is 31.2 Å². The minimum Gasteiger partial charge on any atom is -0.224 e. The van der Waals surface area contributed by atoms with Crippen LogP contribution < -0.4 is 0 Å². The molecular formula is C16H15NO2S. The van der Waals surface area contributed by atoms with Crippen LogP contribution in [0.4, 0.5) is 0 Å². The van der Waals surface area contributed by atoms with Crippen LogP contribution in [0.3, 0.4) is 0 Å². The Hall–Kier alpha value is -2.12. The lowest BCUT2D eigenvalue weighted by Crippen LogP contribution is -1.97. The third kappa shape index (κ3) is 3.06. The van der Waals surface area contributed by atoms with Gasteiger partial charge < -0.3 is 0 Å². The molecule has 0 aliphatic carbocycles. The molecule has 2 rings (SSSR count). The highest BCUT2D eigenvalue weighted by atomic mass is 32.2. The summed E-state index contributed by atoms with van der Waals surface area (Å²) in [5, 5.41) is 8.83. The van der Waals surface area contributed by atoms with Gasteiger partial charge in [0.2, 0.25) is 0 Å². The highest BCUT2D eigenvalue weighted by Gasteiger charge is 2.09. The molecule has 2 aromatic carbocycles. The zero-order valence-corrected chi connectivity index (χ0v) is 12.2. The van der Waals surface area contributed by atoms with Crippen molar-refractivity contribution in [2.45, 2.75) is 18.2 Å². The first-order chi connectivity index (χ1) is 9.41. The molecule has 4 heteroatoms. The number of nitriles is 1. The van der Waals surface area contributed by atoms with Crippen LogP contribution in [-0.4, -0.2) is 14.7 Å². The van der Waals surface area contributed by atoms with Gasteiger partial charge in [-0.15, -0.1) is 0 Å². The minimum atomic E-state index is -3.21. The summed E-state index contributed by atoms with van der Waals surface area (Å²) in [6.07, 6.45) is 1.55. The SMILES string of the molecule is Cc1ccc(-c2cccc(S(C)(=O)=O)c2)cc1CC#N.